The van der Waals surface area contributed by atoms with Gasteiger partial charge in [-0.1, -0.05) is 26.7 Å². The third kappa shape index (κ3) is 6.89. The van der Waals surface area contributed by atoms with Crippen molar-refractivity contribution < 1.29 is 4.79 Å². The van der Waals surface area contributed by atoms with Gasteiger partial charge in [-0.2, -0.15) is 0 Å². The average molecular weight is 263 g/mol. The molecule has 1 rings (SSSR count). The van der Waals surface area contributed by atoms with Gasteiger partial charge in [-0.25, -0.2) is 0 Å². The number of amides is 1. The van der Waals surface area contributed by atoms with Crippen LogP contribution in [0.3, 0.4) is 0 Å². The zero-order valence-electron chi connectivity index (χ0n) is 11.1. The van der Waals surface area contributed by atoms with Gasteiger partial charge >= 0.3 is 0 Å². The molecule has 0 aromatic rings. The van der Waals surface area contributed by atoms with E-state index in [0.29, 0.717) is 12.3 Å². The molecule has 2 N–H and O–H groups in total. The van der Waals surface area contributed by atoms with Crippen LogP contribution in [-0.4, -0.2) is 25.5 Å². The van der Waals surface area contributed by atoms with E-state index < -0.39 is 0 Å². The maximum absolute atomic E-state index is 11.6. The number of rotatable bonds is 7. The summed E-state index contributed by atoms with van der Waals surface area (Å²) in [6, 6.07) is 0. The van der Waals surface area contributed by atoms with E-state index in [1.807, 2.05) is 0 Å². The Bertz CT molecular complexity index is 194. The largest absolute Gasteiger partial charge is 0.356 e. The molecule has 0 aliphatic carbocycles. The number of nitrogens with one attached hydrogen (secondary N) is 2. The van der Waals surface area contributed by atoms with Gasteiger partial charge in [0.05, 0.1) is 0 Å². The van der Waals surface area contributed by atoms with Gasteiger partial charge in [0.25, 0.3) is 0 Å². The molecular weight excluding hydrogens is 236 g/mol. The van der Waals surface area contributed by atoms with Crippen LogP contribution in [0.15, 0.2) is 0 Å². The molecule has 1 aliphatic heterocycles. The lowest BCUT2D eigenvalue weighted by Gasteiger charge is -2.14. The predicted molar refractivity (Wildman–Crippen MR) is 74.5 cm³/mol. The minimum atomic E-state index is 0. The molecule has 0 saturated carbocycles. The molecule has 1 atom stereocenters. The molecule has 4 heteroatoms. The number of carbonyl (C=O) groups excluding carboxylic acids is 1. The monoisotopic (exact) mass is 262 g/mol. The van der Waals surface area contributed by atoms with Crippen molar-refractivity contribution in [2.75, 3.05) is 19.6 Å². The summed E-state index contributed by atoms with van der Waals surface area (Å²) in [4.78, 5) is 11.6. The highest BCUT2D eigenvalue weighted by Crippen LogP contribution is 2.14. The van der Waals surface area contributed by atoms with Crippen LogP contribution < -0.4 is 10.6 Å². The molecule has 17 heavy (non-hydrogen) atoms. The van der Waals surface area contributed by atoms with Crippen molar-refractivity contribution in [3.05, 3.63) is 0 Å². The maximum atomic E-state index is 11.6. The summed E-state index contributed by atoms with van der Waals surface area (Å²) in [5.41, 5.74) is 0. The smallest absolute Gasteiger partial charge is 0.220 e. The molecule has 1 saturated heterocycles. The van der Waals surface area contributed by atoms with Gasteiger partial charge in [0.2, 0.25) is 5.91 Å². The fraction of sp³-hybridized carbons (Fsp3) is 0.923. The first-order valence-corrected chi connectivity index (χ1v) is 6.73. The van der Waals surface area contributed by atoms with E-state index in [9.17, 15) is 4.79 Å². The molecule has 1 unspecified atom stereocenters. The zero-order chi connectivity index (χ0) is 11.8. The summed E-state index contributed by atoms with van der Waals surface area (Å²) in [5, 5.41) is 6.38. The van der Waals surface area contributed by atoms with Gasteiger partial charge < -0.3 is 10.6 Å². The van der Waals surface area contributed by atoms with Crippen molar-refractivity contribution in [2.24, 2.45) is 11.8 Å². The first-order valence-electron chi connectivity index (χ1n) is 6.73. The van der Waals surface area contributed by atoms with E-state index >= 15 is 0 Å². The average Bonchev–Trinajstić information content (AvgIpc) is 2.80. The third-order valence-electron chi connectivity index (χ3n) is 3.68. The Balaban J connectivity index is 0.00000256. The molecule has 102 valence electrons. The van der Waals surface area contributed by atoms with Crippen LogP contribution in [0.4, 0.5) is 0 Å². The Morgan fingerprint density at radius 3 is 2.65 bits per heavy atom. The van der Waals surface area contributed by atoms with Gasteiger partial charge in [-0.3, -0.25) is 4.79 Å². The van der Waals surface area contributed by atoms with Gasteiger partial charge in [0.1, 0.15) is 0 Å². The fourth-order valence-corrected chi connectivity index (χ4v) is 2.22. The highest BCUT2D eigenvalue weighted by Gasteiger charge is 2.15. The second-order valence-corrected chi connectivity index (χ2v) is 4.88. The Labute approximate surface area is 112 Å². The summed E-state index contributed by atoms with van der Waals surface area (Å²) in [7, 11) is 0. The molecule has 1 aliphatic rings. The van der Waals surface area contributed by atoms with Gasteiger partial charge in [-0.05, 0) is 37.8 Å². The molecule has 1 heterocycles. The third-order valence-corrected chi connectivity index (χ3v) is 3.68. The summed E-state index contributed by atoms with van der Waals surface area (Å²) in [5.74, 6) is 1.61. The quantitative estimate of drug-likeness (QED) is 0.740. The SMILES string of the molecule is CCC(CC)CNC(=O)CCC1CCNC1.Cl. The van der Waals surface area contributed by atoms with Crippen LogP contribution in [0.1, 0.15) is 46.0 Å². The van der Waals surface area contributed by atoms with E-state index in [4.69, 9.17) is 0 Å². The van der Waals surface area contributed by atoms with Crippen molar-refractivity contribution >= 4 is 18.3 Å². The van der Waals surface area contributed by atoms with E-state index in [0.717, 1.165) is 44.8 Å². The van der Waals surface area contributed by atoms with E-state index in [-0.39, 0.29) is 18.3 Å². The second kappa shape index (κ2) is 9.72. The van der Waals surface area contributed by atoms with Crippen LogP contribution in [0.5, 0.6) is 0 Å². The van der Waals surface area contributed by atoms with Gasteiger partial charge in [0.15, 0.2) is 0 Å². The van der Waals surface area contributed by atoms with Crippen LogP contribution in [-0.2, 0) is 4.79 Å². The minimum Gasteiger partial charge on any atom is -0.356 e. The summed E-state index contributed by atoms with van der Waals surface area (Å²) in [6.07, 6.45) is 5.29. The predicted octanol–water partition coefficient (Wildman–Crippen LogP) is 2.35. The first kappa shape index (κ1) is 16.7. The van der Waals surface area contributed by atoms with E-state index in [1.54, 1.807) is 0 Å². The van der Waals surface area contributed by atoms with Crippen molar-refractivity contribution in [2.45, 2.75) is 46.0 Å². The molecule has 1 amide bonds. The zero-order valence-corrected chi connectivity index (χ0v) is 11.9. The molecular formula is C13H27ClN2O. The van der Waals surface area contributed by atoms with Crippen molar-refractivity contribution in [1.82, 2.24) is 10.6 Å². The molecule has 0 bridgehead atoms. The Morgan fingerprint density at radius 1 is 1.41 bits per heavy atom. The highest BCUT2D eigenvalue weighted by atomic mass is 35.5. The summed E-state index contributed by atoms with van der Waals surface area (Å²) < 4.78 is 0. The van der Waals surface area contributed by atoms with Crippen LogP contribution >= 0.6 is 12.4 Å². The molecule has 3 nitrogen and oxygen atoms in total. The molecule has 0 aromatic carbocycles. The van der Waals surface area contributed by atoms with Gasteiger partial charge in [-0.15, -0.1) is 12.4 Å². The number of hydrogen-bond donors (Lipinski definition) is 2. The topological polar surface area (TPSA) is 41.1 Å². The first-order chi connectivity index (χ1) is 7.76. The fourth-order valence-electron chi connectivity index (χ4n) is 2.22. The number of halogens is 1. The molecule has 0 radical (unpaired) electrons. The highest BCUT2D eigenvalue weighted by molar-refractivity contribution is 5.85. The van der Waals surface area contributed by atoms with Crippen LogP contribution in [0.2, 0.25) is 0 Å². The summed E-state index contributed by atoms with van der Waals surface area (Å²) >= 11 is 0. The van der Waals surface area contributed by atoms with E-state index in [1.165, 1.54) is 6.42 Å². The van der Waals surface area contributed by atoms with E-state index in [2.05, 4.69) is 24.5 Å². The molecule has 0 aromatic heterocycles. The second-order valence-electron chi connectivity index (χ2n) is 4.88. The lowest BCUT2D eigenvalue weighted by molar-refractivity contribution is -0.121. The normalized spacial score (nSPS) is 19.1. The Kier molecular flexibility index (Phi) is 9.56. The van der Waals surface area contributed by atoms with Crippen LogP contribution in [0.25, 0.3) is 0 Å². The minimum absolute atomic E-state index is 0. The number of carbonyl (C=O) groups is 1. The van der Waals surface area contributed by atoms with Crippen molar-refractivity contribution in [3.63, 3.8) is 0 Å². The van der Waals surface area contributed by atoms with Crippen molar-refractivity contribution in [1.29, 1.82) is 0 Å². The molecule has 1 fully saturated rings. The van der Waals surface area contributed by atoms with Gasteiger partial charge in [0, 0.05) is 13.0 Å². The van der Waals surface area contributed by atoms with Crippen LogP contribution in [0, 0.1) is 11.8 Å². The number of hydrogen-bond acceptors (Lipinski definition) is 2. The molecule has 0 spiro atoms. The Morgan fingerprint density at radius 2 is 2.12 bits per heavy atom. The van der Waals surface area contributed by atoms with Crippen molar-refractivity contribution in [3.8, 4) is 0 Å². The lowest BCUT2D eigenvalue weighted by Crippen LogP contribution is -2.29. The lowest BCUT2D eigenvalue weighted by atomic mass is 10.0. The standard InChI is InChI=1S/C13H26N2O.ClH/c1-3-11(4-2)10-15-13(16)6-5-12-7-8-14-9-12;/h11-12,14H,3-10H2,1-2H3,(H,15,16);1H. The summed E-state index contributed by atoms with van der Waals surface area (Å²) in [6.45, 7) is 7.45. The Hall–Kier alpha value is -0.280. The maximum Gasteiger partial charge on any atom is 0.220 e.